The van der Waals surface area contributed by atoms with E-state index < -0.39 is 11.8 Å². The van der Waals surface area contributed by atoms with E-state index >= 15 is 0 Å². The zero-order chi connectivity index (χ0) is 16.8. The van der Waals surface area contributed by atoms with Gasteiger partial charge in [0.25, 0.3) is 0 Å². The summed E-state index contributed by atoms with van der Waals surface area (Å²) in [6, 6.07) is 12.2. The van der Waals surface area contributed by atoms with E-state index in [1.165, 1.54) is 7.11 Å². The third-order valence-corrected chi connectivity index (χ3v) is 3.41. The lowest BCUT2D eigenvalue weighted by Gasteiger charge is -2.11. The van der Waals surface area contributed by atoms with Gasteiger partial charge in [-0.1, -0.05) is 29.8 Å². The molecule has 0 atom stereocenters. The first-order chi connectivity index (χ1) is 11.0. The number of amides is 2. The van der Waals surface area contributed by atoms with Crippen molar-refractivity contribution in [2.75, 3.05) is 17.7 Å². The predicted octanol–water partition coefficient (Wildman–Crippen LogP) is 3.62. The van der Waals surface area contributed by atoms with Crippen LogP contribution in [0.5, 0.6) is 5.75 Å². The third kappa shape index (κ3) is 4.72. The first kappa shape index (κ1) is 16.8. The van der Waals surface area contributed by atoms with Crippen LogP contribution in [0.2, 0.25) is 5.02 Å². The summed E-state index contributed by atoms with van der Waals surface area (Å²) >= 11 is 5.90. The van der Waals surface area contributed by atoms with Crippen LogP contribution in [0.1, 0.15) is 12.0 Å². The van der Waals surface area contributed by atoms with E-state index in [1.54, 1.807) is 24.3 Å². The van der Waals surface area contributed by atoms with Gasteiger partial charge in [-0.3, -0.25) is 9.59 Å². The minimum absolute atomic E-state index is 0.302. The minimum atomic E-state index is -0.448. The van der Waals surface area contributed by atoms with Crippen LogP contribution in [0.4, 0.5) is 11.4 Å². The molecule has 120 valence electrons. The van der Waals surface area contributed by atoms with E-state index in [0.29, 0.717) is 22.1 Å². The molecule has 0 fully saturated rings. The number of halogens is 1. The Bertz CT molecular complexity index is 732. The Morgan fingerprint density at radius 1 is 1.04 bits per heavy atom. The minimum Gasteiger partial charge on any atom is -0.495 e. The van der Waals surface area contributed by atoms with Gasteiger partial charge in [0, 0.05) is 10.7 Å². The van der Waals surface area contributed by atoms with Gasteiger partial charge in [0.05, 0.1) is 12.8 Å². The SMILES string of the molecule is COc1ccc(Cl)cc1NC(=O)CC(=O)Nc1ccccc1C. The van der Waals surface area contributed by atoms with Crippen molar-refractivity contribution in [2.24, 2.45) is 0 Å². The Hall–Kier alpha value is -2.53. The molecular formula is C17H17ClN2O3. The van der Waals surface area contributed by atoms with Crippen LogP contribution in [-0.4, -0.2) is 18.9 Å². The van der Waals surface area contributed by atoms with Crippen LogP contribution in [0, 0.1) is 6.92 Å². The maximum absolute atomic E-state index is 12.0. The molecule has 0 bridgehead atoms. The number of carbonyl (C=O) groups excluding carboxylic acids is 2. The number of methoxy groups -OCH3 is 1. The van der Waals surface area contributed by atoms with Gasteiger partial charge in [-0.15, -0.1) is 0 Å². The average molecular weight is 333 g/mol. The van der Waals surface area contributed by atoms with E-state index in [4.69, 9.17) is 16.3 Å². The second-order valence-corrected chi connectivity index (χ2v) is 5.37. The number of hydrogen-bond acceptors (Lipinski definition) is 3. The average Bonchev–Trinajstić information content (AvgIpc) is 2.49. The van der Waals surface area contributed by atoms with Gasteiger partial charge in [-0.2, -0.15) is 0 Å². The molecular weight excluding hydrogens is 316 g/mol. The van der Waals surface area contributed by atoms with Crippen molar-refractivity contribution >= 4 is 34.8 Å². The van der Waals surface area contributed by atoms with Crippen molar-refractivity contribution in [3.63, 3.8) is 0 Å². The summed E-state index contributed by atoms with van der Waals surface area (Å²) in [6.07, 6.45) is -0.302. The third-order valence-electron chi connectivity index (χ3n) is 3.18. The molecule has 5 nitrogen and oxygen atoms in total. The van der Waals surface area contributed by atoms with E-state index in [1.807, 2.05) is 25.1 Å². The molecule has 2 aromatic carbocycles. The number of aryl methyl sites for hydroxylation is 1. The fourth-order valence-electron chi connectivity index (χ4n) is 2.03. The number of para-hydroxylation sites is 1. The molecule has 0 radical (unpaired) electrons. The Labute approximate surface area is 139 Å². The number of anilines is 2. The molecule has 0 saturated heterocycles. The van der Waals surface area contributed by atoms with Crippen molar-refractivity contribution in [1.82, 2.24) is 0 Å². The normalized spacial score (nSPS) is 10.0. The fourth-order valence-corrected chi connectivity index (χ4v) is 2.20. The molecule has 2 rings (SSSR count). The zero-order valence-electron chi connectivity index (χ0n) is 12.9. The zero-order valence-corrected chi connectivity index (χ0v) is 13.6. The maximum Gasteiger partial charge on any atom is 0.233 e. The molecule has 2 N–H and O–H groups in total. The molecule has 2 aromatic rings. The smallest absolute Gasteiger partial charge is 0.233 e. The van der Waals surface area contributed by atoms with Gasteiger partial charge in [-0.05, 0) is 36.8 Å². The highest BCUT2D eigenvalue weighted by Crippen LogP contribution is 2.27. The van der Waals surface area contributed by atoms with Crippen molar-refractivity contribution in [1.29, 1.82) is 0 Å². The lowest BCUT2D eigenvalue weighted by molar-refractivity contribution is -0.123. The van der Waals surface area contributed by atoms with Crippen LogP contribution in [-0.2, 0) is 9.59 Å². The van der Waals surface area contributed by atoms with Gasteiger partial charge in [0.2, 0.25) is 11.8 Å². The van der Waals surface area contributed by atoms with Crippen LogP contribution >= 0.6 is 11.6 Å². The quantitative estimate of drug-likeness (QED) is 0.822. The summed E-state index contributed by atoms with van der Waals surface area (Å²) in [5, 5.41) is 5.80. The lowest BCUT2D eigenvalue weighted by atomic mass is 10.2. The van der Waals surface area contributed by atoms with E-state index in [9.17, 15) is 9.59 Å². The number of ether oxygens (including phenoxy) is 1. The summed E-state index contributed by atoms with van der Waals surface area (Å²) in [7, 11) is 1.49. The summed E-state index contributed by atoms with van der Waals surface area (Å²) in [6.45, 7) is 1.88. The second-order valence-electron chi connectivity index (χ2n) is 4.93. The standard InChI is InChI=1S/C17H17ClN2O3/c1-11-5-3-4-6-13(11)19-16(21)10-17(22)20-14-9-12(18)7-8-15(14)23-2/h3-9H,10H2,1-2H3,(H,19,21)(H,20,22). The monoisotopic (exact) mass is 332 g/mol. The Kier molecular flexibility index (Phi) is 5.60. The van der Waals surface area contributed by atoms with Crippen molar-refractivity contribution in [2.45, 2.75) is 13.3 Å². The molecule has 23 heavy (non-hydrogen) atoms. The lowest BCUT2D eigenvalue weighted by Crippen LogP contribution is -2.22. The number of benzene rings is 2. The molecule has 0 unspecified atom stereocenters. The number of hydrogen-bond donors (Lipinski definition) is 2. The molecule has 6 heteroatoms. The van der Waals surface area contributed by atoms with Crippen LogP contribution in [0.3, 0.4) is 0 Å². The predicted molar refractivity (Wildman–Crippen MR) is 91.1 cm³/mol. The summed E-state index contributed by atoms with van der Waals surface area (Å²) in [5.41, 5.74) is 2.04. The number of nitrogens with one attached hydrogen (secondary N) is 2. The number of carbonyl (C=O) groups is 2. The molecule has 2 amide bonds. The van der Waals surface area contributed by atoms with Gasteiger partial charge in [0.15, 0.2) is 0 Å². The highest BCUT2D eigenvalue weighted by Gasteiger charge is 2.13. The van der Waals surface area contributed by atoms with Gasteiger partial charge < -0.3 is 15.4 Å². The van der Waals surface area contributed by atoms with Gasteiger partial charge >= 0.3 is 0 Å². The largest absolute Gasteiger partial charge is 0.495 e. The van der Waals surface area contributed by atoms with E-state index in [2.05, 4.69) is 10.6 Å². The molecule has 0 saturated carbocycles. The Morgan fingerprint density at radius 2 is 1.70 bits per heavy atom. The van der Waals surface area contributed by atoms with Crippen molar-refractivity contribution in [3.05, 3.63) is 53.1 Å². The summed E-state index contributed by atoms with van der Waals surface area (Å²) in [4.78, 5) is 24.0. The van der Waals surface area contributed by atoms with Crippen LogP contribution < -0.4 is 15.4 Å². The molecule has 0 aliphatic carbocycles. The molecule has 0 heterocycles. The first-order valence-corrected chi connectivity index (χ1v) is 7.36. The summed E-state index contributed by atoms with van der Waals surface area (Å²) in [5.74, 6) is -0.364. The molecule has 0 spiro atoms. The maximum atomic E-state index is 12.0. The highest BCUT2D eigenvalue weighted by molar-refractivity contribution is 6.31. The Balaban J connectivity index is 1.98. The topological polar surface area (TPSA) is 67.4 Å². The highest BCUT2D eigenvalue weighted by atomic mass is 35.5. The van der Waals surface area contributed by atoms with Crippen LogP contribution in [0.25, 0.3) is 0 Å². The molecule has 0 aliphatic rings. The van der Waals surface area contributed by atoms with Gasteiger partial charge in [-0.25, -0.2) is 0 Å². The molecule has 0 aliphatic heterocycles. The summed E-state index contributed by atoms with van der Waals surface area (Å²) < 4.78 is 5.14. The molecule has 0 aromatic heterocycles. The second kappa shape index (κ2) is 7.65. The van der Waals surface area contributed by atoms with Crippen molar-refractivity contribution in [3.8, 4) is 5.75 Å². The van der Waals surface area contributed by atoms with Crippen LogP contribution in [0.15, 0.2) is 42.5 Å². The van der Waals surface area contributed by atoms with E-state index in [0.717, 1.165) is 5.56 Å². The fraction of sp³-hybridized carbons (Fsp3) is 0.176. The van der Waals surface area contributed by atoms with E-state index in [-0.39, 0.29) is 6.42 Å². The number of rotatable bonds is 5. The van der Waals surface area contributed by atoms with Crippen molar-refractivity contribution < 1.29 is 14.3 Å². The Morgan fingerprint density at radius 3 is 2.35 bits per heavy atom. The first-order valence-electron chi connectivity index (χ1n) is 6.98. The van der Waals surface area contributed by atoms with Gasteiger partial charge in [0.1, 0.15) is 12.2 Å².